The highest BCUT2D eigenvalue weighted by atomic mass is 16.5. The monoisotopic (exact) mass is 205 g/mol. The van der Waals surface area contributed by atoms with Crippen LogP contribution in [0.1, 0.15) is 34.3 Å². The molecule has 15 heavy (non-hydrogen) atoms. The largest absolute Gasteiger partial charge is 0.465 e. The molecule has 1 aliphatic rings. The summed E-state index contributed by atoms with van der Waals surface area (Å²) in [6, 6.07) is 5.80. The molecule has 0 spiro atoms. The summed E-state index contributed by atoms with van der Waals surface area (Å²) in [4.78, 5) is 11.3. The normalized spacial score (nSPS) is 19.5. The number of fused-ring (bicyclic) bond motifs is 1. The first kappa shape index (κ1) is 10.2. The van der Waals surface area contributed by atoms with E-state index in [0.29, 0.717) is 11.5 Å². The number of hydrogen-bond donors (Lipinski definition) is 1. The van der Waals surface area contributed by atoms with Gasteiger partial charge in [0.15, 0.2) is 0 Å². The Morgan fingerprint density at radius 1 is 1.53 bits per heavy atom. The third kappa shape index (κ3) is 1.88. The number of ether oxygens (including phenoxy) is 1. The number of benzene rings is 1. The molecule has 1 aromatic rings. The van der Waals surface area contributed by atoms with Crippen molar-refractivity contribution in [2.45, 2.75) is 19.4 Å². The van der Waals surface area contributed by atoms with E-state index >= 15 is 0 Å². The van der Waals surface area contributed by atoms with Gasteiger partial charge in [-0.05, 0) is 29.2 Å². The van der Waals surface area contributed by atoms with E-state index in [1.54, 1.807) is 0 Å². The van der Waals surface area contributed by atoms with Crippen LogP contribution in [0.15, 0.2) is 18.2 Å². The van der Waals surface area contributed by atoms with Crippen LogP contribution in [0.2, 0.25) is 0 Å². The molecule has 0 bridgehead atoms. The molecule has 2 rings (SSSR count). The van der Waals surface area contributed by atoms with Crippen molar-refractivity contribution in [3.8, 4) is 0 Å². The first-order valence-electron chi connectivity index (χ1n) is 5.14. The summed E-state index contributed by atoms with van der Waals surface area (Å²) >= 11 is 0. The Morgan fingerprint density at radius 3 is 3.07 bits per heavy atom. The van der Waals surface area contributed by atoms with Crippen LogP contribution < -0.4 is 5.32 Å². The molecule has 0 aliphatic carbocycles. The van der Waals surface area contributed by atoms with Gasteiger partial charge in [-0.3, -0.25) is 0 Å². The molecule has 1 aliphatic heterocycles. The van der Waals surface area contributed by atoms with E-state index in [0.717, 1.165) is 13.1 Å². The number of carbonyl (C=O) groups is 1. The Labute approximate surface area is 89.4 Å². The van der Waals surface area contributed by atoms with Gasteiger partial charge in [0.2, 0.25) is 0 Å². The van der Waals surface area contributed by atoms with E-state index in [4.69, 9.17) is 4.74 Å². The van der Waals surface area contributed by atoms with Gasteiger partial charge in [0.05, 0.1) is 12.7 Å². The van der Waals surface area contributed by atoms with Crippen LogP contribution in [0.4, 0.5) is 0 Å². The maximum atomic E-state index is 11.3. The second-order valence-electron chi connectivity index (χ2n) is 3.94. The van der Waals surface area contributed by atoms with Gasteiger partial charge in [0.25, 0.3) is 0 Å². The minimum absolute atomic E-state index is 0.268. The lowest BCUT2D eigenvalue weighted by Gasteiger charge is -2.23. The molecule has 0 fully saturated rings. The summed E-state index contributed by atoms with van der Waals surface area (Å²) in [5.74, 6) is 0.247. The van der Waals surface area contributed by atoms with Gasteiger partial charge in [-0.15, -0.1) is 0 Å². The van der Waals surface area contributed by atoms with Gasteiger partial charge in [0.1, 0.15) is 0 Å². The third-order valence-corrected chi connectivity index (χ3v) is 2.86. The molecule has 80 valence electrons. The van der Waals surface area contributed by atoms with Gasteiger partial charge in [0, 0.05) is 13.1 Å². The average molecular weight is 205 g/mol. The first-order valence-corrected chi connectivity index (χ1v) is 5.14. The van der Waals surface area contributed by atoms with Crippen molar-refractivity contribution in [3.63, 3.8) is 0 Å². The van der Waals surface area contributed by atoms with Crippen molar-refractivity contribution >= 4 is 5.97 Å². The lowest BCUT2D eigenvalue weighted by atomic mass is 9.91. The van der Waals surface area contributed by atoms with Crippen molar-refractivity contribution in [1.82, 2.24) is 5.32 Å². The number of rotatable bonds is 1. The van der Waals surface area contributed by atoms with E-state index in [2.05, 4.69) is 12.2 Å². The van der Waals surface area contributed by atoms with Crippen LogP contribution in [0.25, 0.3) is 0 Å². The Bertz CT molecular complexity index is 387. The second-order valence-corrected chi connectivity index (χ2v) is 3.94. The van der Waals surface area contributed by atoms with E-state index in [-0.39, 0.29) is 5.97 Å². The fourth-order valence-electron chi connectivity index (χ4n) is 2.02. The number of esters is 1. The number of nitrogens with one attached hydrogen (secondary N) is 1. The molecule has 0 radical (unpaired) electrons. The van der Waals surface area contributed by atoms with Crippen LogP contribution in [-0.4, -0.2) is 19.6 Å². The Morgan fingerprint density at radius 2 is 2.33 bits per heavy atom. The number of methoxy groups -OCH3 is 1. The summed E-state index contributed by atoms with van der Waals surface area (Å²) in [6.45, 7) is 4.03. The SMILES string of the molecule is COC(=O)c1ccc2c(c1)CNC[C@@H]2C. The molecular weight excluding hydrogens is 190 g/mol. The Kier molecular flexibility index (Phi) is 2.73. The van der Waals surface area contributed by atoms with Gasteiger partial charge in [-0.2, -0.15) is 0 Å². The van der Waals surface area contributed by atoms with Gasteiger partial charge >= 0.3 is 5.97 Å². The van der Waals surface area contributed by atoms with E-state index in [1.807, 2.05) is 18.2 Å². The van der Waals surface area contributed by atoms with E-state index in [1.165, 1.54) is 18.2 Å². The molecule has 1 N–H and O–H groups in total. The minimum Gasteiger partial charge on any atom is -0.465 e. The van der Waals surface area contributed by atoms with Gasteiger partial charge in [-0.25, -0.2) is 4.79 Å². The van der Waals surface area contributed by atoms with Gasteiger partial charge in [-0.1, -0.05) is 13.0 Å². The molecular formula is C12H15NO2. The number of hydrogen-bond acceptors (Lipinski definition) is 3. The maximum absolute atomic E-state index is 11.3. The van der Waals surface area contributed by atoms with Gasteiger partial charge < -0.3 is 10.1 Å². The van der Waals surface area contributed by atoms with Crippen LogP contribution in [0, 0.1) is 0 Å². The highest BCUT2D eigenvalue weighted by Gasteiger charge is 2.17. The summed E-state index contributed by atoms with van der Waals surface area (Å²) in [5.41, 5.74) is 3.17. The quantitative estimate of drug-likeness (QED) is 0.709. The molecule has 1 aromatic carbocycles. The molecule has 3 heteroatoms. The molecule has 0 amide bonds. The predicted octanol–water partition coefficient (Wildman–Crippen LogP) is 1.68. The Balaban J connectivity index is 2.37. The van der Waals surface area contributed by atoms with Crippen LogP contribution in [-0.2, 0) is 11.3 Å². The van der Waals surface area contributed by atoms with Crippen LogP contribution >= 0.6 is 0 Å². The van der Waals surface area contributed by atoms with Crippen molar-refractivity contribution < 1.29 is 9.53 Å². The molecule has 3 nitrogen and oxygen atoms in total. The summed E-state index contributed by atoms with van der Waals surface area (Å²) < 4.78 is 4.69. The van der Waals surface area contributed by atoms with Crippen molar-refractivity contribution in [3.05, 3.63) is 34.9 Å². The third-order valence-electron chi connectivity index (χ3n) is 2.86. The molecule has 0 saturated carbocycles. The summed E-state index contributed by atoms with van der Waals surface area (Å²) in [5, 5.41) is 3.32. The van der Waals surface area contributed by atoms with Crippen LogP contribution in [0.3, 0.4) is 0 Å². The molecule has 0 saturated heterocycles. The van der Waals surface area contributed by atoms with E-state index in [9.17, 15) is 4.79 Å². The fourth-order valence-corrected chi connectivity index (χ4v) is 2.02. The van der Waals surface area contributed by atoms with Crippen molar-refractivity contribution in [2.75, 3.05) is 13.7 Å². The predicted molar refractivity (Wildman–Crippen MR) is 57.9 cm³/mol. The molecule has 0 aromatic heterocycles. The maximum Gasteiger partial charge on any atom is 0.337 e. The standard InChI is InChI=1S/C12H15NO2/c1-8-6-13-7-10-5-9(12(14)15-2)3-4-11(8)10/h3-5,8,13H,6-7H2,1-2H3/t8-/m0/s1. The number of carbonyl (C=O) groups excluding carboxylic acids is 1. The zero-order chi connectivity index (χ0) is 10.8. The highest BCUT2D eigenvalue weighted by molar-refractivity contribution is 5.89. The van der Waals surface area contributed by atoms with E-state index < -0.39 is 0 Å². The highest BCUT2D eigenvalue weighted by Crippen LogP contribution is 2.24. The lowest BCUT2D eigenvalue weighted by molar-refractivity contribution is 0.0600. The van der Waals surface area contributed by atoms with Crippen molar-refractivity contribution in [2.24, 2.45) is 0 Å². The smallest absolute Gasteiger partial charge is 0.337 e. The zero-order valence-corrected chi connectivity index (χ0v) is 9.04. The summed E-state index contributed by atoms with van der Waals surface area (Å²) in [7, 11) is 1.41. The first-order chi connectivity index (χ1) is 7.22. The molecule has 0 unspecified atom stereocenters. The minimum atomic E-state index is -0.268. The molecule has 1 heterocycles. The topological polar surface area (TPSA) is 38.3 Å². The summed E-state index contributed by atoms with van der Waals surface area (Å²) in [6.07, 6.45) is 0. The Hall–Kier alpha value is -1.35. The fraction of sp³-hybridized carbons (Fsp3) is 0.417. The van der Waals surface area contributed by atoms with Crippen molar-refractivity contribution in [1.29, 1.82) is 0 Å². The lowest BCUT2D eigenvalue weighted by Crippen LogP contribution is -2.26. The molecule has 1 atom stereocenters. The average Bonchev–Trinajstić information content (AvgIpc) is 2.28. The van der Waals surface area contributed by atoms with Crippen LogP contribution in [0.5, 0.6) is 0 Å². The second kappa shape index (κ2) is 4.03. The zero-order valence-electron chi connectivity index (χ0n) is 9.04.